The summed E-state index contributed by atoms with van der Waals surface area (Å²) in [5, 5.41) is 12.0. The van der Waals surface area contributed by atoms with E-state index in [9.17, 15) is 5.11 Å². The summed E-state index contributed by atoms with van der Waals surface area (Å²) in [4.78, 5) is 6.85. The largest absolute Gasteiger partial charge is 0.396 e. The highest BCUT2D eigenvalue weighted by Crippen LogP contribution is 2.37. The molecule has 0 unspecified atom stereocenters. The summed E-state index contributed by atoms with van der Waals surface area (Å²) >= 11 is 1.75. The molecule has 3 heterocycles. The summed E-state index contributed by atoms with van der Waals surface area (Å²) in [6, 6.07) is 14.8. The number of anilines is 1. The molecular formula is C19H20N2OS. The number of hydrogen-bond acceptors (Lipinski definition) is 4. The van der Waals surface area contributed by atoms with Gasteiger partial charge in [0.25, 0.3) is 0 Å². The van der Waals surface area contributed by atoms with Gasteiger partial charge >= 0.3 is 0 Å². The summed E-state index contributed by atoms with van der Waals surface area (Å²) in [6.45, 7) is 2.15. The zero-order valence-electron chi connectivity index (χ0n) is 12.9. The number of pyridine rings is 1. The highest BCUT2D eigenvalue weighted by atomic mass is 32.1. The van der Waals surface area contributed by atoms with Gasteiger partial charge in [0.2, 0.25) is 0 Å². The molecule has 1 saturated heterocycles. The van der Waals surface area contributed by atoms with Crippen LogP contribution in [0.2, 0.25) is 0 Å². The number of nitrogens with zero attached hydrogens (tertiary/aromatic N) is 2. The molecule has 1 aliphatic rings. The fraction of sp³-hybridized carbons (Fsp3) is 0.316. The van der Waals surface area contributed by atoms with Crippen LogP contribution in [-0.2, 0) is 0 Å². The Morgan fingerprint density at radius 3 is 2.87 bits per heavy atom. The number of aliphatic hydroxyl groups is 1. The van der Waals surface area contributed by atoms with E-state index in [1.807, 2.05) is 6.20 Å². The van der Waals surface area contributed by atoms with Crippen LogP contribution >= 0.6 is 11.3 Å². The van der Waals surface area contributed by atoms with Gasteiger partial charge in [-0.2, -0.15) is 0 Å². The number of rotatable bonds is 3. The lowest BCUT2D eigenvalue weighted by Crippen LogP contribution is -2.41. The Morgan fingerprint density at radius 2 is 2.04 bits per heavy atom. The van der Waals surface area contributed by atoms with E-state index < -0.39 is 0 Å². The number of benzene rings is 1. The summed E-state index contributed by atoms with van der Waals surface area (Å²) in [5.41, 5.74) is 3.68. The minimum absolute atomic E-state index is 0.231. The lowest BCUT2D eigenvalue weighted by Gasteiger charge is -2.39. The molecule has 4 rings (SSSR count). The molecule has 2 aromatic heterocycles. The third kappa shape index (κ3) is 2.73. The number of thiophene rings is 1. The molecule has 0 spiro atoms. The molecule has 1 fully saturated rings. The third-order valence-electron chi connectivity index (χ3n) is 4.86. The third-order valence-corrected chi connectivity index (χ3v) is 5.79. The molecule has 1 aromatic carbocycles. The van der Waals surface area contributed by atoms with Crippen LogP contribution in [0, 0.1) is 5.92 Å². The van der Waals surface area contributed by atoms with Crippen LogP contribution in [0.1, 0.15) is 17.9 Å². The average molecular weight is 324 g/mol. The minimum atomic E-state index is 0.231. The molecule has 23 heavy (non-hydrogen) atoms. The molecule has 0 amide bonds. The zero-order valence-corrected chi connectivity index (χ0v) is 13.7. The Balaban J connectivity index is 1.61. The Bertz CT molecular complexity index is 786. The molecule has 3 aromatic rings. The molecule has 0 saturated carbocycles. The van der Waals surface area contributed by atoms with Crippen molar-refractivity contribution in [3.05, 3.63) is 59.6 Å². The fourth-order valence-electron chi connectivity index (χ4n) is 3.68. The Kier molecular flexibility index (Phi) is 4.02. The second kappa shape index (κ2) is 6.30. The van der Waals surface area contributed by atoms with E-state index in [0.29, 0.717) is 5.92 Å². The van der Waals surface area contributed by atoms with Crippen molar-refractivity contribution in [2.24, 2.45) is 5.92 Å². The fourth-order valence-corrected chi connectivity index (χ4v) is 4.58. The monoisotopic (exact) mass is 324 g/mol. The summed E-state index contributed by atoms with van der Waals surface area (Å²) in [6.07, 6.45) is 2.96. The zero-order chi connectivity index (χ0) is 15.6. The van der Waals surface area contributed by atoms with E-state index in [0.717, 1.165) is 25.0 Å². The summed E-state index contributed by atoms with van der Waals surface area (Å²) in [7, 11) is 0. The van der Waals surface area contributed by atoms with Crippen LogP contribution in [0.15, 0.2) is 54.0 Å². The van der Waals surface area contributed by atoms with E-state index in [4.69, 9.17) is 0 Å². The predicted molar refractivity (Wildman–Crippen MR) is 96.2 cm³/mol. The van der Waals surface area contributed by atoms with Gasteiger partial charge in [-0.25, -0.2) is 0 Å². The smallest absolute Gasteiger partial charge is 0.0830 e. The molecule has 3 nitrogen and oxygen atoms in total. The molecular weight excluding hydrogens is 304 g/mol. The second-order valence-corrected chi connectivity index (χ2v) is 7.08. The first-order valence-corrected chi connectivity index (χ1v) is 8.98. The molecule has 1 N–H and O–H groups in total. The van der Waals surface area contributed by atoms with Gasteiger partial charge < -0.3 is 10.0 Å². The van der Waals surface area contributed by atoms with Crippen molar-refractivity contribution < 1.29 is 5.11 Å². The van der Waals surface area contributed by atoms with Gasteiger partial charge in [0.1, 0.15) is 0 Å². The molecule has 1 aliphatic heterocycles. The Labute approximate surface area is 140 Å². The van der Waals surface area contributed by atoms with E-state index in [2.05, 4.69) is 57.7 Å². The van der Waals surface area contributed by atoms with Crippen molar-refractivity contribution in [1.29, 1.82) is 0 Å². The lowest BCUT2D eigenvalue weighted by atomic mass is 9.81. The number of aliphatic hydroxyl groups excluding tert-OH is 1. The van der Waals surface area contributed by atoms with Crippen LogP contribution < -0.4 is 4.90 Å². The van der Waals surface area contributed by atoms with Crippen molar-refractivity contribution >= 4 is 27.2 Å². The van der Waals surface area contributed by atoms with Crippen LogP contribution in [0.3, 0.4) is 0 Å². The van der Waals surface area contributed by atoms with E-state index in [-0.39, 0.29) is 12.5 Å². The predicted octanol–water partition coefficient (Wildman–Crippen LogP) is 3.90. The van der Waals surface area contributed by atoms with E-state index >= 15 is 0 Å². The molecule has 0 aliphatic carbocycles. The quantitative estimate of drug-likeness (QED) is 0.794. The molecule has 0 radical (unpaired) electrons. The van der Waals surface area contributed by atoms with Gasteiger partial charge in [-0.05, 0) is 35.4 Å². The minimum Gasteiger partial charge on any atom is -0.396 e. The molecule has 0 bridgehead atoms. The first kappa shape index (κ1) is 14.7. The topological polar surface area (TPSA) is 36.4 Å². The van der Waals surface area contributed by atoms with Gasteiger partial charge in [-0.1, -0.05) is 30.3 Å². The standard InChI is InChI=1S/C19H20N2OS/c22-13-15-12-21(10-7-16(15)14-4-2-1-3-5-14)18-6-9-20-17-8-11-23-19(17)18/h1-6,8-9,11,15-16,22H,7,10,12-13H2/t15-,16+/m1/s1. The van der Waals surface area contributed by atoms with Crippen molar-refractivity contribution in [2.45, 2.75) is 12.3 Å². The second-order valence-electron chi connectivity index (χ2n) is 6.16. The van der Waals surface area contributed by atoms with Crippen LogP contribution in [0.4, 0.5) is 5.69 Å². The lowest BCUT2D eigenvalue weighted by molar-refractivity contribution is 0.190. The van der Waals surface area contributed by atoms with Gasteiger partial charge in [-0.15, -0.1) is 11.3 Å². The SMILES string of the molecule is OC[C@H]1CN(c2ccnc3ccsc23)CC[C@H]1c1ccccc1. The van der Waals surface area contributed by atoms with E-state index in [1.165, 1.54) is 16.0 Å². The average Bonchev–Trinajstić information content (AvgIpc) is 3.10. The van der Waals surface area contributed by atoms with Gasteiger partial charge in [0.05, 0.1) is 15.9 Å². The first-order valence-electron chi connectivity index (χ1n) is 8.10. The van der Waals surface area contributed by atoms with Crippen molar-refractivity contribution in [3.8, 4) is 0 Å². The normalized spacial score (nSPS) is 21.7. The summed E-state index contributed by atoms with van der Waals surface area (Å²) in [5.74, 6) is 0.715. The van der Waals surface area contributed by atoms with E-state index in [1.54, 1.807) is 11.3 Å². The van der Waals surface area contributed by atoms with Crippen LogP contribution in [0.5, 0.6) is 0 Å². The first-order chi connectivity index (χ1) is 11.4. The van der Waals surface area contributed by atoms with Gasteiger partial charge in [-0.3, -0.25) is 4.98 Å². The summed E-state index contributed by atoms with van der Waals surface area (Å²) < 4.78 is 1.25. The highest BCUT2D eigenvalue weighted by molar-refractivity contribution is 7.17. The number of piperidine rings is 1. The Hall–Kier alpha value is -1.91. The van der Waals surface area contributed by atoms with Crippen LogP contribution in [0.25, 0.3) is 10.2 Å². The van der Waals surface area contributed by atoms with Gasteiger partial charge in [0, 0.05) is 31.8 Å². The molecule has 118 valence electrons. The number of aromatic nitrogens is 1. The molecule has 2 atom stereocenters. The maximum absolute atomic E-state index is 9.92. The maximum atomic E-state index is 9.92. The van der Waals surface area contributed by atoms with Crippen LogP contribution in [-0.4, -0.2) is 29.8 Å². The maximum Gasteiger partial charge on any atom is 0.0830 e. The number of hydrogen-bond donors (Lipinski definition) is 1. The van der Waals surface area contributed by atoms with Crippen molar-refractivity contribution in [2.75, 3.05) is 24.6 Å². The molecule has 4 heteroatoms. The van der Waals surface area contributed by atoms with Gasteiger partial charge in [0.15, 0.2) is 0 Å². The Morgan fingerprint density at radius 1 is 1.17 bits per heavy atom. The van der Waals surface area contributed by atoms with Crippen molar-refractivity contribution in [1.82, 2.24) is 4.98 Å². The van der Waals surface area contributed by atoms with Crippen molar-refractivity contribution in [3.63, 3.8) is 0 Å². The number of fused-ring (bicyclic) bond motifs is 1. The highest BCUT2D eigenvalue weighted by Gasteiger charge is 2.30.